The third-order valence-corrected chi connectivity index (χ3v) is 5.53. The van der Waals surface area contributed by atoms with Crippen LogP contribution in [0.2, 0.25) is 0 Å². The molecule has 0 atom stereocenters. The Morgan fingerprint density at radius 3 is 2.56 bits per heavy atom. The molecule has 6 heteroatoms. The molecular weight excluding hydrogens is 424 g/mol. The number of carbonyl (C=O) groups excluding carboxylic acids is 1. The van der Waals surface area contributed by atoms with Crippen LogP contribution in [0, 0.1) is 0 Å². The van der Waals surface area contributed by atoms with Crippen LogP contribution in [0.5, 0.6) is 5.75 Å². The van der Waals surface area contributed by atoms with Gasteiger partial charge in [-0.15, -0.1) is 0 Å². The van der Waals surface area contributed by atoms with Crippen LogP contribution in [-0.4, -0.2) is 35.6 Å². The van der Waals surface area contributed by atoms with Crippen molar-refractivity contribution in [3.05, 3.63) is 64.1 Å². The number of amides is 1. The first-order valence-electron chi connectivity index (χ1n) is 9.20. The zero-order valence-corrected chi connectivity index (χ0v) is 17.5. The molecule has 1 amide bonds. The van der Waals surface area contributed by atoms with Crippen molar-refractivity contribution < 1.29 is 9.53 Å². The van der Waals surface area contributed by atoms with Gasteiger partial charge in [0.2, 0.25) is 0 Å². The largest absolute Gasteiger partial charge is 0.492 e. The molecule has 2 aromatic carbocycles. The third kappa shape index (κ3) is 5.78. The van der Waals surface area contributed by atoms with Gasteiger partial charge in [0.05, 0.1) is 11.1 Å². The summed E-state index contributed by atoms with van der Waals surface area (Å²) in [5, 5.41) is 3.35. The normalized spacial score (nSPS) is 13.9. The summed E-state index contributed by atoms with van der Waals surface area (Å²) in [7, 11) is 0. The number of ether oxygens (including phenoxy) is 1. The van der Waals surface area contributed by atoms with E-state index in [1.165, 1.54) is 12.0 Å². The lowest BCUT2D eigenvalue weighted by Crippen LogP contribution is -2.44. The minimum atomic E-state index is -0.192. The Kier molecular flexibility index (Phi) is 7.24. The van der Waals surface area contributed by atoms with Crippen LogP contribution in [0.25, 0.3) is 0 Å². The van der Waals surface area contributed by atoms with E-state index in [9.17, 15) is 4.79 Å². The summed E-state index contributed by atoms with van der Waals surface area (Å²) >= 11 is 8.87. The van der Waals surface area contributed by atoms with Gasteiger partial charge in [-0.1, -0.05) is 30.3 Å². The van der Waals surface area contributed by atoms with E-state index >= 15 is 0 Å². The van der Waals surface area contributed by atoms with Crippen LogP contribution in [0.4, 0.5) is 0 Å². The first-order chi connectivity index (χ1) is 13.1. The number of hydrogen-bond acceptors (Lipinski definition) is 3. The third-order valence-electron chi connectivity index (χ3n) is 4.55. The fourth-order valence-electron chi connectivity index (χ4n) is 3.03. The topological polar surface area (TPSA) is 41.6 Å². The van der Waals surface area contributed by atoms with Crippen molar-refractivity contribution in [1.82, 2.24) is 10.2 Å². The monoisotopic (exact) mass is 446 g/mol. The lowest BCUT2D eigenvalue weighted by atomic mass is 10.1. The summed E-state index contributed by atoms with van der Waals surface area (Å²) in [5.41, 5.74) is 1.78. The van der Waals surface area contributed by atoms with Gasteiger partial charge in [0, 0.05) is 25.1 Å². The van der Waals surface area contributed by atoms with Crippen LogP contribution in [-0.2, 0) is 6.42 Å². The molecule has 0 bridgehead atoms. The second-order valence-corrected chi connectivity index (χ2v) is 7.78. The van der Waals surface area contributed by atoms with Crippen LogP contribution in [0.1, 0.15) is 35.2 Å². The number of rotatable bonds is 5. The number of thiocarbonyl (C=S) groups is 1. The van der Waals surface area contributed by atoms with E-state index in [0.29, 0.717) is 17.3 Å². The summed E-state index contributed by atoms with van der Waals surface area (Å²) in [4.78, 5) is 14.5. The molecule has 2 aromatic rings. The maximum absolute atomic E-state index is 12.5. The zero-order valence-electron chi connectivity index (χ0n) is 15.1. The van der Waals surface area contributed by atoms with Crippen molar-refractivity contribution in [2.24, 2.45) is 0 Å². The Bertz CT molecular complexity index is 792. The van der Waals surface area contributed by atoms with E-state index in [2.05, 4.69) is 38.3 Å². The molecule has 0 saturated carbocycles. The fraction of sp³-hybridized carbons (Fsp3) is 0.333. The predicted molar refractivity (Wildman–Crippen MR) is 115 cm³/mol. The van der Waals surface area contributed by atoms with E-state index in [1.54, 1.807) is 12.1 Å². The number of benzene rings is 2. The molecule has 0 spiro atoms. The Labute approximate surface area is 174 Å². The van der Waals surface area contributed by atoms with Crippen molar-refractivity contribution in [3.8, 4) is 5.75 Å². The highest BCUT2D eigenvalue weighted by molar-refractivity contribution is 9.10. The molecule has 1 heterocycles. The van der Waals surface area contributed by atoms with Gasteiger partial charge in [0.25, 0.3) is 5.91 Å². The van der Waals surface area contributed by atoms with Gasteiger partial charge in [0.1, 0.15) is 5.75 Å². The first kappa shape index (κ1) is 19.8. The summed E-state index contributed by atoms with van der Waals surface area (Å²) in [6, 6.07) is 15.5. The summed E-state index contributed by atoms with van der Waals surface area (Å²) in [5.74, 6) is 0.531. The maximum atomic E-state index is 12.5. The molecule has 1 fully saturated rings. The van der Waals surface area contributed by atoms with Crippen molar-refractivity contribution in [2.45, 2.75) is 25.7 Å². The van der Waals surface area contributed by atoms with Gasteiger partial charge in [-0.3, -0.25) is 10.1 Å². The highest BCUT2D eigenvalue weighted by atomic mass is 79.9. The molecular formula is C21H23BrN2O2S. The summed E-state index contributed by atoms with van der Waals surface area (Å²) in [6.45, 7) is 2.40. The average Bonchev–Trinajstić information content (AvgIpc) is 2.70. The zero-order chi connectivity index (χ0) is 19.1. The highest BCUT2D eigenvalue weighted by Gasteiger charge is 2.17. The smallest absolute Gasteiger partial charge is 0.257 e. The molecule has 142 valence electrons. The Hall–Kier alpha value is -1.92. The number of hydrogen-bond donors (Lipinski definition) is 1. The number of halogens is 1. The standard InChI is InChI=1S/C21H23BrN2O2S/c22-18-15-17(20(25)23-21(27)24-12-5-2-6-13-24)9-10-19(18)26-14-11-16-7-3-1-4-8-16/h1,3-4,7-10,15H,2,5-6,11-14H2,(H,23,25,27). The van der Waals surface area contributed by atoms with Crippen LogP contribution in [0.3, 0.4) is 0 Å². The molecule has 0 unspecified atom stereocenters. The number of nitrogens with zero attached hydrogens (tertiary/aromatic N) is 1. The number of carbonyl (C=O) groups is 1. The summed E-state index contributed by atoms with van der Waals surface area (Å²) < 4.78 is 6.60. The van der Waals surface area contributed by atoms with Gasteiger partial charge < -0.3 is 9.64 Å². The molecule has 4 nitrogen and oxygen atoms in total. The molecule has 0 aromatic heterocycles. The van der Waals surface area contributed by atoms with E-state index in [0.717, 1.165) is 42.6 Å². The second kappa shape index (κ2) is 9.85. The lowest BCUT2D eigenvalue weighted by Gasteiger charge is -2.28. The van der Waals surface area contributed by atoms with E-state index in [1.807, 2.05) is 24.3 Å². The fourth-order valence-corrected chi connectivity index (χ4v) is 3.80. The average molecular weight is 447 g/mol. The molecule has 0 radical (unpaired) electrons. The quantitative estimate of drug-likeness (QED) is 0.682. The molecule has 1 N–H and O–H groups in total. The van der Waals surface area contributed by atoms with Gasteiger partial charge >= 0.3 is 0 Å². The Balaban J connectivity index is 1.53. The highest BCUT2D eigenvalue weighted by Crippen LogP contribution is 2.26. The molecule has 0 aliphatic carbocycles. The first-order valence-corrected chi connectivity index (χ1v) is 10.4. The summed E-state index contributed by atoms with van der Waals surface area (Å²) in [6.07, 6.45) is 4.30. The van der Waals surface area contributed by atoms with E-state index in [4.69, 9.17) is 17.0 Å². The van der Waals surface area contributed by atoms with Gasteiger partial charge in [0.15, 0.2) is 5.11 Å². The van der Waals surface area contributed by atoms with Gasteiger partial charge in [-0.2, -0.15) is 0 Å². The Morgan fingerprint density at radius 2 is 1.85 bits per heavy atom. The minimum absolute atomic E-state index is 0.192. The number of likely N-dealkylation sites (tertiary alicyclic amines) is 1. The van der Waals surface area contributed by atoms with Gasteiger partial charge in [-0.05, 0) is 71.2 Å². The second-order valence-electron chi connectivity index (χ2n) is 6.54. The van der Waals surface area contributed by atoms with E-state index in [-0.39, 0.29) is 5.91 Å². The van der Waals surface area contributed by atoms with Crippen LogP contribution >= 0.6 is 28.1 Å². The predicted octanol–water partition coefficient (Wildman–Crippen LogP) is 4.57. The maximum Gasteiger partial charge on any atom is 0.257 e. The van der Waals surface area contributed by atoms with Gasteiger partial charge in [-0.25, -0.2) is 0 Å². The van der Waals surface area contributed by atoms with Crippen molar-refractivity contribution in [2.75, 3.05) is 19.7 Å². The molecule has 1 saturated heterocycles. The molecule has 1 aliphatic rings. The van der Waals surface area contributed by atoms with Crippen LogP contribution in [0.15, 0.2) is 53.0 Å². The van der Waals surface area contributed by atoms with Crippen molar-refractivity contribution >= 4 is 39.2 Å². The van der Waals surface area contributed by atoms with Crippen LogP contribution < -0.4 is 10.1 Å². The SMILES string of the molecule is O=C(NC(=S)N1CCCCC1)c1ccc(OCCc2ccccc2)c(Br)c1. The molecule has 27 heavy (non-hydrogen) atoms. The minimum Gasteiger partial charge on any atom is -0.492 e. The molecule has 3 rings (SSSR count). The van der Waals surface area contributed by atoms with E-state index < -0.39 is 0 Å². The number of nitrogens with one attached hydrogen (secondary N) is 1. The van der Waals surface area contributed by atoms with Crippen molar-refractivity contribution in [1.29, 1.82) is 0 Å². The lowest BCUT2D eigenvalue weighted by molar-refractivity contribution is 0.0972. The Morgan fingerprint density at radius 1 is 1.11 bits per heavy atom. The number of piperidine rings is 1. The van der Waals surface area contributed by atoms with Crippen molar-refractivity contribution in [3.63, 3.8) is 0 Å². The molecule has 1 aliphatic heterocycles.